The normalized spacial score (nSPS) is 12.7. The monoisotopic (exact) mass is 379 g/mol. The number of rotatable bonds is 6. The largest absolute Gasteiger partial charge is 0.479 e. The van der Waals surface area contributed by atoms with Gasteiger partial charge in [0, 0.05) is 18.9 Å². The van der Waals surface area contributed by atoms with Gasteiger partial charge in [-0.25, -0.2) is 4.79 Å². The molecule has 7 nitrogen and oxygen atoms in total. The van der Waals surface area contributed by atoms with Gasteiger partial charge < -0.3 is 15.2 Å². The van der Waals surface area contributed by atoms with Crippen LogP contribution in [0.5, 0.6) is 0 Å². The minimum atomic E-state index is -1.15. The maximum atomic E-state index is 12.7. The highest BCUT2D eigenvalue weighted by molar-refractivity contribution is 6.33. The second kappa shape index (κ2) is 7.88. The Morgan fingerprint density at radius 2 is 2.00 bits per heavy atom. The van der Waals surface area contributed by atoms with E-state index in [1.54, 1.807) is 29.1 Å². The Labute approximate surface area is 156 Å². The van der Waals surface area contributed by atoms with Crippen molar-refractivity contribution in [3.63, 3.8) is 0 Å². The van der Waals surface area contributed by atoms with E-state index in [0.717, 1.165) is 0 Å². The van der Waals surface area contributed by atoms with E-state index in [9.17, 15) is 9.59 Å². The van der Waals surface area contributed by atoms with Crippen LogP contribution in [0.25, 0.3) is 11.3 Å². The average Bonchev–Trinajstić information content (AvgIpc) is 3.00. The highest BCUT2D eigenvalue weighted by atomic mass is 35.5. The summed E-state index contributed by atoms with van der Waals surface area (Å²) in [6.07, 6.45) is 0.511. The molecule has 1 aromatic carbocycles. The van der Waals surface area contributed by atoms with E-state index in [1.807, 2.05) is 26.8 Å². The highest BCUT2D eigenvalue weighted by Gasteiger charge is 2.25. The molecule has 0 saturated heterocycles. The molecule has 140 valence electrons. The summed E-state index contributed by atoms with van der Waals surface area (Å²) in [4.78, 5) is 23.7. The standard InChI is InChI=1S/C18H22ClN3O4/c1-18(2,3)22-10-12(16(23)20-9-14(26-4)17(24)25)15(21-22)11-7-5-6-8-13(11)19/h5-8,10,14H,9H2,1-4H3,(H,20,23)(H,24,25). The van der Waals surface area contributed by atoms with Crippen LogP contribution in [0.2, 0.25) is 5.02 Å². The number of benzene rings is 1. The van der Waals surface area contributed by atoms with Gasteiger partial charge in [0.05, 0.1) is 22.7 Å². The summed E-state index contributed by atoms with van der Waals surface area (Å²) in [7, 11) is 1.28. The number of nitrogens with zero attached hydrogens (tertiary/aromatic N) is 2. The molecule has 1 amide bonds. The molecule has 2 aromatic rings. The third kappa shape index (κ3) is 4.42. The maximum absolute atomic E-state index is 12.7. The van der Waals surface area contributed by atoms with Crippen LogP contribution in [0.3, 0.4) is 0 Å². The molecule has 2 N–H and O–H groups in total. The van der Waals surface area contributed by atoms with Crippen molar-refractivity contribution in [2.75, 3.05) is 13.7 Å². The summed E-state index contributed by atoms with van der Waals surface area (Å²) in [5, 5.41) is 16.6. The number of carboxylic acids is 1. The van der Waals surface area contributed by atoms with Gasteiger partial charge in [-0.3, -0.25) is 9.48 Å². The fourth-order valence-corrected chi connectivity index (χ4v) is 2.51. The van der Waals surface area contributed by atoms with Crippen molar-refractivity contribution in [2.24, 2.45) is 0 Å². The van der Waals surface area contributed by atoms with Gasteiger partial charge in [0.2, 0.25) is 0 Å². The van der Waals surface area contributed by atoms with Gasteiger partial charge in [-0.15, -0.1) is 0 Å². The van der Waals surface area contributed by atoms with E-state index in [0.29, 0.717) is 21.8 Å². The van der Waals surface area contributed by atoms with Crippen molar-refractivity contribution in [1.82, 2.24) is 15.1 Å². The molecule has 0 saturated carbocycles. The number of aliphatic carboxylic acids is 1. The zero-order chi connectivity index (χ0) is 19.5. The maximum Gasteiger partial charge on any atom is 0.334 e. The fraction of sp³-hybridized carbons (Fsp3) is 0.389. The van der Waals surface area contributed by atoms with Crippen LogP contribution in [0.1, 0.15) is 31.1 Å². The first-order chi connectivity index (χ1) is 12.1. The van der Waals surface area contributed by atoms with Crippen LogP contribution in [0.4, 0.5) is 0 Å². The first-order valence-electron chi connectivity index (χ1n) is 8.04. The predicted molar refractivity (Wildman–Crippen MR) is 98.4 cm³/mol. The van der Waals surface area contributed by atoms with Crippen LogP contribution in [-0.2, 0) is 15.1 Å². The quantitative estimate of drug-likeness (QED) is 0.804. The Bertz CT molecular complexity index is 811. The van der Waals surface area contributed by atoms with Crippen LogP contribution in [-0.4, -0.2) is 46.5 Å². The highest BCUT2D eigenvalue weighted by Crippen LogP contribution is 2.30. The Balaban J connectivity index is 2.40. The second-order valence-electron chi connectivity index (χ2n) is 6.76. The lowest BCUT2D eigenvalue weighted by Crippen LogP contribution is -2.37. The Morgan fingerprint density at radius 1 is 1.35 bits per heavy atom. The smallest absolute Gasteiger partial charge is 0.334 e. The van der Waals surface area contributed by atoms with Gasteiger partial charge in [0.15, 0.2) is 6.10 Å². The van der Waals surface area contributed by atoms with Gasteiger partial charge >= 0.3 is 5.97 Å². The van der Waals surface area contributed by atoms with Crippen molar-refractivity contribution >= 4 is 23.5 Å². The summed E-state index contributed by atoms with van der Waals surface area (Å²) < 4.78 is 6.52. The van der Waals surface area contributed by atoms with Gasteiger partial charge in [-0.1, -0.05) is 29.8 Å². The van der Waals surface area contributed by atoms with Gasteiger partial charge in [-0.05, 0) is 26.8 Å². The molecule has 1 aromatic heterocycles. The van der Waals surface area contributed by atoms with E-state index < -0.39 is 18.0 Å². The van der Waals surface area contributed by atoms with Crippen molar-refractivity contribution in [3.8, 4) is 11.3 Å². The van der Waals surface area contributed by atoms with Gasteiger partial charge in [-0.2, -0.15) is 5.10 Å². The first-order valence-corrected chi connectivity index (χ1v) is 8.41. The van der Waals surface area contributed by atoms with Crippen LogP contribution >= 0.6 is 11.6 Å². The molecule has 0 bridgehead atoms. The summed E-state index contributed by atoms with van der Waals surface area (Å²) in [6.45, 7) is 5.73. The third-order valence-electron chi connectivity index (χ3n) is 3.78. The molecule has 0 aliphatic heterocycles. The van der Waals surface area contributed by atoms with E-state index in [1.165, 1.54) is 7.11 Å². The van der Waals surface area contributed by atoms with Crippen LogP contribution < -0.4 is 5.32 Å². The Morgan fingerprint density at radius 3 is 2.54 bits per heavy atom. The molecule has 26 heavy (non-hydrogen) atoms. The molecule has 0 fully saturated rings. The summed E-state index contributed by atoms with van der Waals surface area (Å²) in [6, 6.07) is 7.11. The summed E-state index contributed by atoms with van der Waals surface area (Å²) in [5.41, 5.74) is 1.04. The molecule has 0 aliphatic carbocycles. The molecule has 1 heterocycles. The molecular weight excluding hydrogens is 358 g/mol. The number of nitrogens with one attached hydrogen (secondary N) is 1. The zero-order valence-corrected chi connectivity index (χ0v) is 15.9. The second-order valence-corrected chi connectivity index (χ2v) is 7.17. The SMILES string of the molecule is COC(CNC(=O)c1cn(C(C)(C)C)nc1-c1ccccc1Cl)C(=O)O. The van der Waals surface area contributed by atoms with Crippen molar-refractivity contribution in [1.29, 1.82) is 0 Å². The molecule has 1 unspecified atom stereocenters. The van der Waals surface area contributed by atoms with Crippen LogP contribution in [0.15, 0.2) is 30.5 Å². The molecule has 8 heteroatoms. The number of hydrogen-bond acceptors (Lipinski definition) is 4. The summed E-state index contributed by atoms with van der Waals surface area (Å²) >= 11 is 6.27. The first kappa shape index (κ1) is 19.9. The number of carbonyl (C=O) groups excluding carboxylic acids is 1. The number of methoxy groups -OCH3 is 1. The lowest BCUT2D eigenvalue weighted by molar-refractivity contribution is -0.148. The molecule has 0 radical (unpaired) electrons. The molecule has 2 rings (SSSR count). The van der Waals surface area contributed by atoms with Gasteiger partial charge in [0.25, 0.3) is 5.91 Å². The number of halogens is 1. The molecule has 0 spiro atoms. The topological polar surface area (TPSA) is 93.5 Å². The number of ether oxygens (including phenoxy) is 1. The van der Waals surface area contributed by atoms with E-state index in [-0.39, 0.29) is 12.1 Å². The van der Waals surface area contributed by atoms with Crippen molar-refractivity contribution in [3.05, 3.63) is 41.0 Å². The van der Waals surface area contributed by atoms with E-state index >= 15 is 0 Å². The van der Waals surface area contributed by atoms with Crippen molar-refractivity contribution in [2.45, 2.75) is 32.4 Å². The van der Waals surface area contributed by atoms with Crippen molar-refractivity contribution < 1.29 is 19.4 Å². The number of carbonyl (C=O) groups is 2. The third-order valence-corrected chi connectivity index (χ3v) is 4.11. The Hall–Kier alpha value is -2.38. The Kier molecular flexibility index (Phi) is 6.05. The molecule has 0 aliphatic rings. The van der Waals surface area contributed by atoms with Gasteiger partial charge in [0.1, 0.15) is 5.69 Å². The number of aromatic nitrogens is 2. The van der Waals surface area contributed by atoms with E-state index in [2.05, 4.69) is 10.4 Å². The number of carboxylic acid groups (broad SMARTS) is 1. The average molecular weight is 380 g/mol. The van der Waals surface area contributed by atoms with Crippen LogP contribution in [0, 0.1) is 0 Å². The zero-order valence-electron chi connectivity index (χ0n) is 15.1. The summed E-state index contributed by atoms with van der Waals surface area (Å²) in [5.74, 6) is -1.59. The minimum Gasteiger partial charge on any atom is -0.479 e. The number of amides is 1. The predicted octanol–water partition coefficient (Wildman–Crippen LogP) is 2.79. The molecular formula is C18H22ClN3O4. The molecule has 1 atom stereocenters. The number of hydrogen-bond donors (Lipinski definition) is 2. The van der Waals surface area contributed by atoms with E-state index in [4.69, 9.17) is 21.4 Å². The minimum absolute atomic E-state index is 0.159. The lowest BCUT2D eigenvalue weighted by Gasteiger charge is -2.18. The lowest BCUT2D eigenvalue weighted by atomic mass is 10.1. The fourth-order valence-electron chi connectivity index (χ4n) is 2.29.